The SMILES string of the molecule is CCc1ccc(S(=O)(=O)N(Cc2ccccc2)[C@@H]2CS(=O)(=S)C[C@@H]2N(Cc2ccccc2)S(=O)(=O)c2ccc(CC)cc2)cc1. The molecule has 7 nitrogen and oxygen atoms in total. The Hall–Kier alpha value is -2.93. The molecule has 0 amide bonds. The van der Waals surface area contributed by atoms with E-state index < -0.39 is 40.6 Å². The molecule has 4 aromatic rings. The average molecular weight is 683 g/mol. The first-order valence-corrected chi connectivity index (χ1v) is 20.6. The van der Waals surface area contributed by atoms with Crippen LogP contribution in [0, 0.1) is 0 Å². The van der Waals surface area contributed by atoms with Crippen LogP contribution < -0.4 is 0 Å². The summed E-state index contributed by atoms with van der Waals surface area (Å²) in [6.07, 6.45) is 1.50. The number of nitrogens with zero attached hydrogens (tertiary/aromatic N) is 2. The molecule has 3 atom stereocenters. The highest BCUT2D eigenvalue weighted by molar-refractivity contribution is 8.33. The molecule has 0 bridgehead atoms. The summed E-state index contributed by atoms with van der Waals surface area (Å²) < 4.78 is 74.4. The molecule has 1 saturated heterocycles. The molecular weight excluding hydrogens is 645 g/mol. The molecule has 11 heteroatoms. The summed E-state index contributed by atoms with van der Waals surface area (Å²) in [5.41, 5.74) is 3.43. The van der Waals surface area contributed by atoms with Crippen LogP contribution in [-0.4, -0.2) is 53.2 Å². The van der Waals surface area contributed by atoms with Gasteiger partial charge in [0.05, 0.1) is 21.9 Å². The summed E-state index contributed by atoms with van der Waals surface area (Å²) in [5, 5.41) is 0. The van der Waals surface area contributed by atoms with Gasteiger partial charge in [-0.25, -0.2) is 16.8 Å². The summed E-state index contributed by atoms with van der Waals surface area (Å²) in [5.74, 6) is -0.274. The molecule has 1 heterocycles. The third-order valence-electron chi connectivity index (χ3n) is 8.27. The van der Waals surface area contributed by atoms with Crippen molar-refractivity contribution in [2.75, 3.05) is 11.5 Å². The Morgan fingerprint density at radius 1 is 0.578 bits per heavy atom. The second kappa shape index (κ2) is 13.8. The largest absolute Gasteiger partial charge is 0.257 e. The Morgan fingerprint density at radius 2 is 0.911 bits per heavy atom. The van der Waals surface area contributed by atoms with Crippen molar-refractivity contribution >= 4 is 39.7 Å². The predicted molar refractivity (Wildman–Crippen MR) is 183 cm³/mol. The van der Waals surface area contributed by atoms with E-state index in [0.29, 0.717) is 0 Å². The molecule has 1 unspecified atom stereocenters. The van der Waals surface area contributed by atoms with Gasteiger partial charge in [-0.05, 0) is 70.5 Å². The number of sulfonamides is 2. The van der Waals surface area contributed by atoms with Crippen LogP contribution in [0.3, 0.4) is 0 Å². The normalized spacial score (nSPS) is 20.5. The number of rotatable bonds is 12. The lowest BCUT2D eigenvalue weighted by Crippen LogP contribution is -2.54. The van der Waals surface area contributed by atoms with Gasteiger partial charge >= 0.3 is 0 Å². The van der Waals surface area contributed by atoms with Crippen LogP contribution in [0.15, 0.2) is 119 Å². The summed E-state index contributed by atoms with van der Waals surface area (Å²) in [6, 6.07) is 29.8. The third kappa shape index (κ3) is 7.56. The third-order valence-corrected chi connectivity index (χ3v) is 14.6. The van der Waals surface area contributed by atoms with Crippen molar-refractivity contribution in [3.05, 3.63) is 131 Å². The van der Waals surface area contributed by atoms with Crippen LogP contribution in [0.25, 0.3) is 0 Å². The quantitative estimate of drug-likeness (QED) is 0.199. The summed E-state index contributed by atoms with van der Waals surface area (Å²) in [6.45, 7) is 3.92. The first-order chi connectivity index (χ1) is 21.4. The van der Waals surface area contributed by atoms with Gasteiger partial charge in [-0.15, -0.1) is 0 Å². The average Bonchev–Trinajstić information content (AvgIpc) is 3.37. The van der Waals surface area contributed by atoms with Crippen molar-refractivity contribution < 1.29 is 21.0 Å². The fourth-order valence-electron chi connectivity index (χ4n) is 5.71. The maximum absolute atomic E-state index is 14.5. The van der Waals surface area contributed by atoms with Crippen molar-refractivity contribution in [2.45, 2.75) is 61.7 Å². The molecule has 0 radical (unpaired) electrons. The number of hydrogen-bond donors (Lipinski definition) is 0. The zero-order valence-electron chi connectivity index (χ0n) is 25.4. The zero-order valence-corrected chi connectivity index (χ0v) is 28.6. The fourth-order valence-corrected chi connectivity index (χ4v) is 12.0. The maximum atomic E-state index is 14.5. The molecule has 1 fully saturated rings. The summed E-state index contributed by atoms with van der Waals surface area (Å²) >= 11 is 5.56. The molecule has 0 saturated carbocycles. The van der Waals surface area contributed by atoms with Gasteiger partial charge in [0.15, 0.2) is 0 Å². The van der Waals surface area contributed by atoms with Gasteiger partial charge in [0.1, 0.15) is 0 Å². The zero-order chi connectivity index (χ0) is 32.2. The molecule has 238 valence electrons. The first kappa shape index (κ1) is 33.4. The molecule has 4 aromatic carbocycles. The number of aryl methyl sites for hydroxylation is 2. The molecule has 0 spiro atoms. The van der Waals surface area contributed by atoms with Crippen molar-refractivity contribution in [1.82, 2.24) is 8.61 Å². The van der Waals surface area contributed by atoms with Crippen molar-refractivity contribution in [1.29, 1.82) is 0 Å². The van der Waals surface area contributed by atoms with Gasteiger partial charge in [0.2, 0.25) is 20.0 Å². The van der Waals surface area contributed by atoms with Crippen LogP contribution in [0.5, 0.6) is 0 Å². The topological polar surface area (TPSA) is 91.8 Å². The Labute approximate surface area is 272 Å². The van der Waals surface area contributed by atoms with Gasteiger partial charge < -0.3 is 0 Å². The highest BCUT2D eigenvalue weighted by atomic mass is 32.8. The first-order valence-electron chi connectivity index (χ1n) is 14.9. The standard InChI is InChI=1S/C34H38N2O5S4/c1-3-27-15-19-31(20-16-27)44(38,39)35(23-29-11-7-5-8-12-29)33-25-43(37,42)26-34(33)36(24-30-13-9-6-10-14-30)45(40,41)32-21-17-28(4-2)18-22-32/h5-22,33-34H,3-4,23-26H2,1-2H3/t33-,34+,43?. The lowest BCUT2D eigenvalue weighted by atomic mass is 10.1. The molecule has 1 aliphatic heterocycles. The predicted octanol–water partition coefficient (Wildman–Crippen LogP) is 5.39. The van der Waals surface area contributed by atoms with E-state index in [1.54, 1.807) is 48.5 Å². The van der Waals surface area contributed by atoms with Gasteiger partial charge in [0.25, 0.3) is 0 Å². The molecule has 1 aliphatic rings. The van der Waals surface area contributed by atoms with Gasteiger partial charge in [0, 0.05) is 33.1 Å². The minimum atomic E-state index is -4.18. The smallest absolute Gasteiger partial charge is 0.243 e. The van der Waals surface area contributed by atoms with E-state index in [-0.39, 0.29) is 34.4 Å². The van der Waals surface area contributed by atoms with Crippen LogP contribution >= 0.6 is 0 Å². The maximum Gasteiger partial charge on any atom is 0.243 e. The highest BCUT2D eigenvalue weighted by Gasteiger charge is 2.49. The van der Waals surface area contributed by atoms with E-state index in [0.717, 1.165) is 35.1 Å². The van der Waals surface area contributed by atoms with E-state index >= 15 is 0 Å². The molecule has 5 rings (SSSR count). The van der Waals surface area contributed by atoms with E-state index in [1.807, 2.05) is 74.5 Å². The van der Waals surface area contributed by atoms with Crippen LogP contribution in [-0.2, 0) is 65.7 Å². The molecule has 0 aliphatic carbocycles. The Bertz CT molecular complexity index is 1780. The van der Waals surface area contributed by atoms with Gasteiger partial charge in [-0.3, -0.25) is 4.21 Å². The second-order valence-electron chi connectivity index (χ2n) is 11.3. The van der Waals surface area contributed by atoms with Crippen LogP contribution in [0.1, 0.15) is 36.1 Å². The molecule has 45 heavy (non-hydrogen) atoms. The Kier molecular flexibility index (Phi) is 10.3. The Morgan fingerprint density at radius 3 is 1.22 bits per heavy atom. The summed E-state index contributed by atoms with van der Waals surface area (Å²) in [7, 11) is -11.4. The molecular formula is C34H38N2O5S4. The van der Waals surface area contributed by atoms with Crippen molar-refractivity contribution in [3.8, 4) is 0 Å². The second-order valence-corrected chi connectivity index (χ2v) is 19.0. The van der Waals surface area contributed by atoms with E-state index in [2.05, 4.69) is 0 Å². The van der Waals surface area contributed by atoms with Crippen LogP contribution in [0.2, 0.25) is 0 Å². The number of hydrogen-bond acceptors (Lipinski definition) is 6. The Balaban J connectivity index is 1.66. The van der Waals surface area contributed by atoms with Crippen molar-refractivity contribution in [2.24, 2.45) is 0 Å². The lowest BCUT2D eigenvalue weighted by Gasteiger charge is -2.37. The highest BCUT2D eigenvalue weighted by Crippen LogP contribution is 2.34. The van der Waals surface area contributed by atoms with Gasteiger partial charge in [-0.2, -0.15) is 8.61 Å². The van der Waals surface area contributed by atoms with Gasteiger partial charge in [-0.1, -0.05) is 98.8 Å². The van der Waals surface area contributed by atoms with E-state index in [9.17, 15) is 21.0 Å². The van der Waals surface area contributed by atoms with E-state index in [1.165, 1.54) is 8.61 Å². The van der Waals surface area contributed by atoms with Crippen molar-refractivity contribution in [3.63, 3.8) is 0 Å². The minimum Gasteiger partial charge on any atom is -0.257 e. The fraction of sp³-hybridized carbons (Fsp3) is 0.294. The monoisotopic (exact) mass is 682 g/mol. The summed E-state index contributed by atoms with van der Waals surface area (Å²) in [4.78, 5) is 0.175. The lowest BCUT2D eigenvalue weighted by molar-refractivity contribution is 0.219. The molecule has 0 N–H and O–H groups in total. The number of benzene rings is 4. The van der Waals surface area contributed by atoms with Crippen LogP contribution in [0.4, 0.5) is 0 Å². The molecule has 0 aromatic heterocycles. The van der Waals surface area contributed by atoms with E-state index in [4.69, 9.17) is 11.2 Å². The minimum absolute atomic E-state index is 0.0326.